The number of nitrogens with one attached hydrogen (secondary N) is 3. The number of amides is 4. The molecule has 0 spiro atoms. The number of carbonyl (C=O) groups excluding carboxylic acids is 4. The maximum Gasteiger partial charge on any atom is 0.284 e. The van der Waals surface area contributed by atoms with Gasteiger partial charge in [-0.15, -0.1) is 0 Å². The van der Waals surface area contributed by atoms with Crippen molar-refractivity contribution < 1.29 is 32.7 Å². The number of morpholine rings is 1. The van der Waals surface area contributed by atoms with Gasteiger partial charge in [-0.2, -0.15) is 10.2 Å². The number of thiocarbonyl (C=S) groups is 1. The molecular formula is C42H49F2N11O5S. The first-order chi connectivity index (χ1) is 29.5. The summed E-state index contributed by atoms with van der Waals surface area (Å²) in [6.07, 6.45) is 9.74. The Balaban J connectivity index is 0.767. The molecule has 5 aliphatic rings. The Hall–Kier alpha value is -5.40. The van der Waals surface area contributed by atoms with E-state index in [1.54, 1.807) is 39.8 Å². The number of fused-ring (bicyclic) bond motifs is 2. The van der Waals surface area contributed by atoms with Crippen LogP contribution in [-0.2, 0) is 14.3 Å². The molecule has 6 heterocycles. The second-order valence-electron chi connectivity index (χ2n) is 16.8. The number of halogens is 2. The van der Waals surface area contributed by atoms with E-state index in [1.165, 1.54) is 0 Å². The number of alkyl halides is 2. The molecule has 4 amide bonds. The van der Waals surface area contributed by atoms with E-state index in [0.717, 1.165) is 81.7 Å². The predicted octanol–water partition coefficient (Wildman–Crippen LogP) is 4.98. The van der Waals surface area contributed by atoms with Crippen molar-refractivity contribution in [1.82, 2.24) is 39.5 Å². The van der Waals surface area contributed by atoms with E-state index in [9.17, 15) is 28.0 Å². The Morgan fingerprint density at radius 2 is 1.75 bits per heavy atom. The number of piperidine rings is 1. The lowest BCUT2D eigenvalue weighted by Gasteiger charge is -2.38. The van der Waals surface area contributed by atoms with Crippen LogP contribution in [0, 0.1) is 5.92 Å². The molecule has 322 valence electrons. The highest BCUT2D eigenvalue weighted by Gasteiger charge is 2.46. The minimum atomic E-state index is -2.78. The number of rotatable bonds is 11. The number of aromatic nitrogens is 5. The van der Waals surface area contributed by atoms with Crippen molar-refractivity contribution in [2.45, 2.75) is 94.8 Å². The van der Waals surface area contributed by atoms with E-state index in [0.29, 0.717) is 42.1 Å². The minimum absolute atomic E-state index is 0.00266. The highest BCUT2D eigenvalue weighted by molar-refractivity contribution is 7.81. The first kappa shape index (κ1) is 41.0. The number of anilines is 3. The van der Waals surface area contributed by atoms with E-state index in [1.807, 2.05) is 12.3 Å². The van der Waals surface area contributed by atoms with Gasteiger partial charge in [0.2, 0.25) is 11.8 Å². The molecule has 4 aromatic rings. The zero-order valence-corrected chi connectivity index (χ0v) is 34.7. The van der Waals surface area contributed by atoms with Crippen molar-refractivity contribution in [2.75, 3.05) is 55.4 Å². The highest BCUT2D eigenvalue weighted by Crippen LogP contribution is 2.38. The molecule has 2 saturated heterocycles. The summed E-state index contributed by atoms with van der Waals surface area (Å²) in [5, 5.41) is 17.6. The maximum atomic E-state index is 14.3. The highest BCUT2D eigenvalue weighted by atomic mass is 32.1. The molecule has 1 atom stereocenters. The Kier molecular flexibility index (Phi) is 11.5. The molecule has 0 bridgehead atoms. The first-order valence-corrected chi connectivity index (χ1v) is 21.6. The fourth-order valence-electron chi connectivity index (χ4n) is 9.69. The fourth-order valence-corrected chi connectivity index (χ4v) is 9.95. The summed E-state index contributed by atoms with van der Waals surface area (Å²) < 4.78 is 37.5. The summed E-state index contributed by atoms with van der Waals surface area (Å²) in [4.78, 5) is 61.7. The summed E-state index contributed by atoms with van der Waals surface area (Å²) in [6.45, 7) is 3.62. The summed E-state index contributed by atoms with van der Waals surface area (Å²) >= 11 is 5.72. The SMILES string of the molecule is CN(C[C@H]1CC[C@H](n2cc(NC(=S)c3cnn4ccc(N5CCOCC5)nc34)c(C(F)F)n2)CC1)[C@H]1CC[C@H](Nc2cccc3c2C(=O)N(C2CCC(=O)NC2=O)C3=O)CC1. The van der Waals surface area contributed by atoms with Gasteiger partial charge >= 0.3 is 0 Å². The Morgan fingerprint density at radius 3 is 2.49 bits per heavy atom. The largest absolute Gasteiger partial charge is 0.382 e. The molecule has 2 aliphatic carbocycles. The maximum absolute atomic E-state index is 14.3. The summed E-state index contributed by atoms with van der Waals surface area (Å²) in [6, 6.07) is 6.55. The van der Waals surface area contributed by atoms with Crippen molar-refractivity contribution in [3.8, 4) is 0 Å². The standard InChI is InChI=1S/C42H49F2N11O5S/c1-51(26-11-7-25(8-12-26)46-30-4-2-3-28-35(30)42(59)55(41(28)58)32-13-14-34(56)49-39(32)57)22-24-5-9-27(10-6-24)54-23-31(36(50-54)37(43)44)47-40(61)29-21-45-53-16-15-33(48-38(29)53)52-17-19-60-20-18-52/h2-4,15-16,21,23-27,32,37,46H,5-14,17-20,22H2,1H3,(H,47,61)(H,49,56,57)/t24-,25-,26-,27-,32?. The normalized spacial score (nSPS) is 24.8. The van der Waals surface area contributed by atoms with Crippen LogP contribution in [0.2, 0.25) is 0 Å². The van der Waals surface area contributed by atoms with E-state index in [-0.39, 0.29) is 52.4 Å². The van der Waals surface area contributed by atoms with E-state index in [4.69, 9.17) is 21.9 Å². The summed E-state index contributed by atoms with van der Waals surface area (Å²) in [5.41, 5.74) is 2.06. The van der Waals surface area contributed by atoms with Gasteiger partial charge in [-0.25, -0.2) is 18.3 Å². The lowest BCUT2D eigenvalue weighted by molar-refractivity contribution is -0.136. The minimum Gasteiger partial charge on any atom is -0.382 e. The summed E-state index contributed by atoms with van der Waals surface area (Å²) in [5.74, 6) is -0.814. The Bertz CT molecular complexity index is 2350. The molecule has 3 N–H and O–H groups in total. The second kappa shape index (κ2) is 17.2. The number of hydrogen-bond acceptors (Lipinski definition) is 12. The molecule has 61 heavy (non-hydrogen) atoms. The van der Waals surface area contributed by atoms with Crippen LogP contribution in [0.3, 0.4) is 0 Å². The van der Waals surface area contributed by atoms with Crippen LogP contribution < -0.4 is 20.9 Å². The number of ether oxygens (including phenoxy) is 1. The van der Waals surface area contributed by atoms with Crippen LogP contribution >= 0.6 is 12.2 Å². The third-order valence-electron chi connectivity index (χ3n) is 13.0. The molecule has 4 fully saturated rings. The second-order valence-corrected chi connectivity index (χ2v) is 17.2. The van der Waals surface area contributed by atoms with Crippen molar-refractivity contribution in [2.24, 2.45) is 5.92 Å². The molecular weight excluding hydrogens is 809 g/mol. The zero-order chi connectivity index (χ0) is 42.4. The van der Waals surface area contributed by atoms with Gasteiger partial charge in [0.1, 0.15) is 16.8 Å². The number of nitrogens with zero attached hydrogens (tertiary/aromatic N) is 8. The molecule has 1 aromatic carbocycles. The molecule has 3 aromatic heterocycles. The van der Waals surface area contributed by atoms with E-state index < -0.39 is 36.1 Å². The van der Waals surface area contributed by atoms with Crippen LogP contribution in [0.25, 0.3) is 5.65 Å². The molecule has 16 nitrogen and oxygen atoms in total. The van der Waals surface area contributed by atoms with Crippen LogP contribution in [0.4, 0.5) is 26.0 Å². The molecule has 19 heteroatoms. The van der Waals surface area contributed by atoms with Gasteiger partial charge in [0.15, 0.2) is 11.3 Å². The van der Waals surface area contributed by atoms with Crippen molar-refractivity contribution in [3.05, 3.63) is 65.2 Å². The van der Waals surface area contributed by atoms with Gasteiger partial charge in [0.05, 0.1) is 47.8 Å². The average molecular weight is 858 g/mol. The van der Waals surface area contributed by atoms with Gasteiger partial charge in [-0.05, 0) is 89.0 Å². The molecule has 2 saturated carbocycles. The van der Waals surface area contributed by atoms with Gasteiger partial charge in [0.25, 0.3) is 18.2 Å². The third-order valence-corrected chi connectivity index (χ3v) is 13.4. The first-order valence-electron chi connectivity index (χ1n) is 21.2. The average Bonchev–Trinajstić information content (AvgIpc) is 3.96. The van der Waals surface area contributed by atoms with Gasteiger partial charge < -0.3 is 25.2 Å². The molecule has 1 unspecified atom stereocenters. The molecule has 9 rings (SSSR count). The number of carbonyl (C=O) groups is 4. The smallest absolute Gasteiger partial charge is 0.284 e. The van der Waals surface area contributed by atoms with Crippen LogP contribution in [0.5, 0.6) is 0 Å². The molecule has 3 aliphatic heterocycles. The fraction of sp³-hybridized carbons (Fsp3) is 0.524. The zero-order valence-electron chi connectivity index (χ0n) is 33.9. The van der Waals surface area contributed by atoms with Gasteiger partial charge in [0, 0.05) is 56.2 Å². The quantitative estimate of drug-likeness (QED) is 0.137. The Morgan fingerprint density at radius 1 is 0.984 bits per heavy atom. The Labute approximate surface area is 356 Å². The number of hydrogen-bond donors (Lipinski definition) is 3. The number of benzene rings is 1. The lowest BCUT2D eigenvalue weighted by atomic mass is 9.84. The summed E-state index contributed by atoms with van der Waals surface area (Å²) in [7, 11) is 2.18. The predicted molar refractivity (Wildman–Crippen MR) is 225 cm³/mol. The van der Waals surface area contributed by atoms with Crippen LogP contribution in [-0.4, -0.2) is 121 Å². The number of imide groups is 2. The third kappa shape index (κ3) is 8.22. The van der Waals surface area contributed by atoms with E-state index in [2.05, 4.69) is 43.0 Å². The topological polar surface area (TPSA) is 171 Å². The van der Waals surface area contributed by atoms with Gasteiger partial charge in [-0.1, -0.05) is 18.3 Å². The van der Waals surface area contributed by atoms with E-state index >= 15 is 0 Å². The van der Waals surface area contributed by atoms with Gasteiger partial charge in [-0.3, -0.25) is 34.1 Å². The lowest BCUT2D eigenvalue weighted by Crippen LogP contribution is -2.54. The van der Waals surface area contributed by atoms with Crippen LogP contribution in [0.15, 0.2) is 42.9 Å². The van der Waals surface area contributed by atoms with Crippen molar-refractivity contribution in [3.63, 3.8) is 0 Å². The van der Waals surface area contributed by atoms with Crippen molar-refractivity contribution >= 4 is 63.7 Å². The van der Waals surface area contributed by atoms with Crippen LogP contribution in [0.1, 0.15) is 109 Å². The molecule has 0 radical (unpaired) electrons. The van der Waals surface area contributed by atoms with Crippen molar-refractivity contribution in [1.29, 1.82) is 0 Å². The monoisotopic (exact) mass is 857 g/mol.